The van der Waals surface area contributed by atoms with E-state index in [9.17, 15) is 0 Å². The maximum absolute atomic E-state index is 6.04. The molecule has 2 aromatic carbocycles. The molecule has 0 amide bonds. The molecular weight excluding hydrogens is 320 g/mol. The van der Waals surface area contributed by atoms with Crippen molar-refractivity contribution in [2.24, 2.45) is 0 Å². The highest BCUT2D eigenvalue weighted by Gasteiger charge is 2.24. The zero-order valence-corrected chi connectivity index (χ0v) is 14.1. The smallest absolute Gasteiger partial charge is 0.226 e. The van der Waals surface area contributed by atoms with Gasteiger partial charge in [0, 0.05) is 23.7 Å². The summed E-state index contributed by atoms with van der Waals surface area (Å²) >= 11 is 6.04. The fourth-order valence-corrected chi connectivity index (χ4v) is 3.53. The zero-order valence-electron chi connectivity index (χ0n) is 13.4. The van der Waals surface area contributed by atoms with Crippen molar-refractivity contribution in [1.82, 2.24) is 9.88 Å². The van der Waals surface area contributed by atoms with Gasteiger partial charge >= 0.3 is 0 Å². The highest BCUT2D eigenvalue weighted by molar-refractivity contribution is 6.30. The van der Waals surface area contributed by atoms with E-state index in [1.54, 1.807) is 6.26 Å². The molecule has 2 heterocycles. The molecule has 3 aromatic rings. The quantitative estimate of drug-likeness (QED) is 0.671. The highest BCUT2D eigenvalue weighted by Crippen LogP contribution is 2.28. The Kier molecular flexibility index (Phi) is 4.37. The summed E-state index contributed by atoms with van der Waals surface area (Å²) in [5.41, 5.74) is 3.32. The van der Waals surface area contributed by atoms with Crippen LogP contribution in [0.5, 0.6) is 0 Å². The van der Waals surface area contributed by atoms with Crippen molar-refractivity contribution in [3.05, 3.63) is 77.1 Å². The number of rotatable bonds is 4. The lowest BCUT2D eigenvalue weighted by atomic mass is 9.99. The number of aromatic nitrogens is 1. The van der Waals surface area contributed by atoms with Crippen LogP contribution >= 0.6 is 11.6 Å². The molecule has 1 saturated heterocycles. The van der Waals surface area contributed by atoms with Crippen LogP contribution in [0.1, 0.15) is 23.6 Å². The van der Waals surface area contributed by atoms with Crippen LogP contribution in [0.2, 0.25) is 5.02 Å². The summed E-state index contributed by atoms with van der Waals surface area (Å²) in [6.45, 7) is 3.00. The average molecular weight is 339 g/mol. The largest absolute Gasteiger partial charge is 0.444 e. The van der Waals surface area contributed by atoms with E-state index in [4.69, 9.17) is 16.0 Å². The summed E-state index contributed by atoms with van der Waals surface area (Å²) in [5, 5.41) is 0.692. The van der Waals surface area contributed by atoms with Crippen molar-refractivity contribution in [3.8, 4) is 11.5 Å². The maximum atomic E-state index is 6.04. The zero-order chi connectivity index (χ0) is 16.4. The first-order valence-electron chi connectivity index (χ1n) is 8.25. The SMILES string of the molecule is Clc1cccc(-c2nc(CN3CCC(c4ccccc4)C3)co2)c1. The fourth-order valence-electron chi connectivity index (χ4n) is 3.34. The van der Waals surface area contributed by atoms with Gasteiger partial charge in [-0.1, -0.05) is 48.0 Å². The molecule has 3 nitrogen and oxygen atoms in total. The Morgan fingerprint density at radius 3 is 2.83 bits per heavy atom. The summed E-state index contributed by atoms with van der Waals surface area (Å²) in [4.78, 5) is 7.06. The van der Waals surface area contributed by atoms with Crippen LogP contribution in [0.3, 0.4) is 0 Å². The number of hydrogen-bond donors (Lipinski definition) is 0. The molecule has 1 fully saturated rings. The summed E-state index contributed by atoms with van der Waals surface area (Å²) in [6, 6.07) is 18.3. The summed E-state index contributed by atoms with van der Waals surface area (Å²) in [5.74, 6) is 1.25. The molecule has 122 valence electrons. The van der Waals surface area contributed by atoms with Crippen molar-refractivity contribution in [2.45, 2.75) is 18.9 Å². The van der Waals surface area contributed by atoms with Gasteiger partial charge in [0.2, 0.25) is 5.89 Å². The number of nitrogens with zero attached hydrogens (tertiary/aromatic N) is 2. The Morgan fingerprint density at radius 1 is 1.12 bits per heavy atom. The van der Waals surface area contributed by atoms with Crippen LogP contribution in [-0.2, 0) is 6.54 Å². The third-order valence-electron chi connectivity index (χ3n) is 4.55. The van der Waals surface area contributed by atoms with Crippen molar-refractivity contribution >= 4 is 11.6 Å². The number of oxazole rings is 1. The molecule has 0 bridgehead atoms. The summed E-state index contributed by atoms with van der Waals surface area (Å²) < 4.78 is 5.63. The number of benzene rings is 2. The van der Waals surface area contributed by atoms with Crippen molar-refractivity contribution in [3.63, 3.8) is 0 Å². The van der Waals surface area contributed by atoms with E-state index in [0.29, 0.717) is 16.8 Å². The van der Waals surface area contributed by atoms with Gasteiger partial charge in [-0.15, -0.1) is 0 Å². The molecule has 4 heteroatoms. The standard InChI is InChI=1S/C20H19ClN2O/c21-18-8-4-7-16(11-18)20-22-19(14-24-20)13-23-10-9-17(12-23)15-5-2-1-3-6-15/h1-8,11,14,17H,9-10,12-13H2. The molecule has 0 spiro atoms. The van der Waals surface area contributed by atoms with Crippen LogP contribution in [-0.4, -0.2) is 23.0 Å². The molecule has 0 saturated carbocycles. The van der Waals surface area contributed by atoms with Crippen molar-refractivity contribution in [2.75, 3.05) is 13.1 Å². The van der Waals surface area contributed by atoms with Gasteiger partial charge in [0.1, 0.15) is 6.26 Å². The summed E-state index contributed by atoms with van der Waals surface area (Å²) in [6.07, 6.45) is 2.95. The van der Waals surface area contributed by atoms with E-state index in [2.05, 4.69) is 40.2 Å². The van der Waals surface area contributed by atoms with Gasteiger partial charge in [0.15, 0.2) is 0 Å². The first-order valence-corrected chi connectivity index (χ1v) is 8.63. The first kappa shape index (κ1) is 15.4. The Balaban J connectivity index is 1.42. The predicted octanol–water partition coefficient (Wildman–Crippen LogP) is 4.98. The molecule has 1 aromatic heterocycles. The molecule has 1 atom stereocenters. The maximum Gasteiger partial charge on any atom is 0.226 e. The van der Waals surface area contributed by atoms with Crippen molar-refractivity contribution in [1.29, 1.82) is 0 Å². The van der Waals surface area contributed by atoms with Crippen LogP contribution < -0.4 is 0 Å². The molecule has 1 aliphatic heterocycles. The fraction of sp³-hybridized carbons (Fsp3) is 0.250. The van der Waals surface area contributed by atoms with Gasteiger partial charge in [0.25, 0.3) is 0 Å². The van der Waals surface area contributed by atoms with E-state index in [1.807, 2.05) is 24.3 Å². The second kappa shape index (κ2) is 6.80. The summed E-state index contributed by atoms with van der Waals surface area (Å²) in [7, 11) is 0. The average Bonchev–Trinajstić information content (AvgIpc) is 3.26. The van der Waals surface area contributed by atoms with E-state index >= 15 is 0 Å². The minimum Gasteiger partial charge on any atom is -0.444 e. The molecule has 0 radical (unpaired) electrons. The Bertz CT molecular complexity index is 815. The van der Waals surface area contributed by atoms with Crippen LogP contribution in [0, 0.1) is 0 Å². The molecule has 1 aliphatic rings. The van der Waals surface area contributed by atoms with E-state index in [1.165, 1.54) is 12.0 Å². The molecule has 1 unspecified atom stereocenters. The van der Waals surface area contributed by atoms with Gasteiger partial charge in [-0.3, -0.25) is 4.90 Å². The first-order chi connectivity index (χ1) is 11.8. The van der Waals surface area contributed by atoms with Crippen LogP contribution in [0.15, 0.2) is 65.3 Å². The van der Waals surface area contributed by atoms with Crippen molar-refractivity contribution < 1.29 is 4.42 Å². The van der Waals surface area contributed by atoms with Crippen LogP contribution in [0.25, 0.3) is 11.5 Å². The Hall–Kier alpha value is -2.10. The number of likely N-dealkylation sites (tertiary alicyclic amines) is 1. The van der Waals surface area contributed by atoms with E-state index in [0.717, 1.165) is 30.9 Å². The van der Waals surface area contributed by atoms with E-state index < -0.39 is 0 Å². The molecular formula is C20H19ClN2O. The third kappa shape index (κ3) is 3.37. The Labute approximate surface area is 146 Å². The highest BCUT2D eigenvalue weighted by atomic mass is 35.5. The number of halogens is 1. The molecule has 4 rings (SSSR count). The van der Waals surface area contributed by atoms with Gasteiger partial charge in [-0.2, -0.15) is 0 Å². The predicted molar refractivity (Wildman–Crippen MR) is 96.0 cm³/mol. The van der Waals surface area contributed by atoms with Gasteiger partial charge in [-0.25, -0.2) is 4.98 Å². The minimum absolute atomic E-state index is 0.616. The van der Waals surface area contributed by atoms with E-state index in [-0.39, 0.29) is 0 Å². The minimum atomic E-state index is 0.616. The topological polar surface area (TPSA) is 29.3 Å². The lowest BCUT2D eigenvalue weighted by Gasteiger charge is -2.14. The second-order valence-corrected chi connectivity index (χ2v) is 6.72. The van der Waals surface area contributed by atoms with Crippen LogP contribution in [0.4, 0.5) is 0 Å². The number of hydrogen-bond acceptors (Lipinski definition) is 3. The Morgan fingerprint density at radius 2 is 2.00 bits per heavy atom. The lowest BCUT2D eigenvalue weighted by Crippen LogP contribution is -2.19. The monoisotopic (exact) mass is 338 g/mol. The van der Waals surface area contributed by atoms with Gasteiger partial charge < -0.3 is 4.42 Å². The molecule has 0 aliphatic carbocycles. The van der Waals surface area contributed by atoms with Gasteiger partial charge in [0.05, 0.1) is 5.69 Å². The molecule has 0 N–H and O–H groups in total. The second-order valence-electron chi connectivity index (χ2n) is 6.29. The van der Waals surface area contributed by atoms with Gasteiger partial charge in [-0.05, 0) is 42.6 Å². The lowest BCUT2D eigenvalue weighted by molar-refractivity contribution is 0.322. The third-order valence-corrected chi connectivity index (χ3v) is 4.79. The molecule has 24 heavy (non-hydrogen) atoms. The normalized spacial score (nSPS) is 18.1.